The minimum Gasteiger partial charge on any atom is -0.481 e. The van der Waals surface area contributed by atoms with Crippen LogP contribution in [0, 0.1) is 5.92 Å². The molecule has 2 rings (SSSR count). The van der Waals surface area contributed by atoms with Crippen LogP contribution in [0.25, 0.3) is 0 Å². The lowest BCUT2D eigenvalue weighted by Gasteiger charge is -2.36. The molecule has 7 heteroatoms. The first-order valence-corrected chi connectivity index (χ1v) is 8.02. The standard InChI is InChI=1S/C16H24N4O3/c1-12(2)20(10-5-15(21)22)16(23)13-3-8-19(9-4-13)14-11-17-6-7-18-14/h6-7,11-13H,3-5,8-10H2,1-2H3,(H,21,22). The number of aromatic nitrogens is 2. The number of carbonyl (C=O) groups is 2. The number of anilines is 1. The van der Waals surface area contributed by atoms with Crippen molar-refractivity contribution in [3.8, 4) is 0 Å². The Balaban J connectivity index is 1.92. The quantitative estimate of drug-likeness (QED) is 0.853. The average molecular weight is 320 g/mol. The molecule has 0 radical (unpaired) electrons. The van der Waals surface area contributed by atoms with Gasteiger partial charge in [-0.3, -0.25) is 14.6 Å². The predicted octanol–water partition coefficient (Wildman–Crippen LogP) is 1.40. The maximum Gasteiger partial charge on any atom is 0.305 e. The summed E-state index contributed by atoms with van der Waals surface area (Å²) < 4.78 is 0. The molecule has 7 nitrogen and oxygen atoms in total. The third kappa shape index (κ3) is 4.64. The fourth-order valence-electron chi connectivity index (χ4n) is 2.88. The minimum atomic E-state index is -0.874. The molecular weight excluding hydrogens is 296 g/mol. The summed E-state index contributed by atoms with van der Waals surface area (Å²) in [7, 11) is 0. The van der Waals surface area contributed by atoms with Crippen molar-refractivity contribution in [2.45, 2.75) is 39.2 Å². The number of carboxylic acids is 1. The lowest BCUT2D eigenvalue weighted by atomic mass is 9.94. The van der Waals surface area contributed by atoms with Gasteiger partial charge in [0.05, 0.1) is 12.6 Å². The highest BCUT2D eigenvalue weighted by atomic mass is 16.4. The number of rotatable bonds is 6. The van der Waals surface area contributed by atoms with Gasteiger partial charge in [-0.1, -0.05) is 0 Å². The van der Waals surface area contributed by atoms with Gasteiger partial charge in [-0.15, -0.1) is 0 Å². The fraction of sp³-hybridized carbons (Fsp3) is 0.625. The van der Waals surface area contributed by atoms with Gasteiger partial charge >= 0.3 is 5.97 Å². The van der Waals surface area contributed by atoms with Crippen molar-refractivity contribution in [2.24, 2.45) is 5.92 Å². The van der Waals surface area contributed by atoms with E-state index in [9.17, 15) is 9.59 Å². The molecule has 0 atom stereocenters. The third-order valence-corrected chi connectivity index (χ3v) is 4.19. The number of carboxylic acid groups (broad SMARTS) is 1. The predicted molar refractivity (Wildman–Crippen MR) is 86.1 cm³/mol. The van der Waals surface area contributed by atoms with E-state index in [1.165, 1.54) is 0 Å². The lowest BCUT2D eigenvalue weighted by Crippen LogP contribution is -2.46. The molecule has 0 aliphatic carbocycles. The summed E-state index contributed by atoms with van der Waals surface area (Å²) in [6.45, 7) is 5.65. The van der Waals surface area contributed by atoms with Gasteiger partial charge in [0.2, 0.25) is 5.91 Å². The van der Waals surface area contributed by atoms with Crippen LogP contribution in [0.3, 0.4) is 0 Å². The van der Waals surface area contributed by atoms with Crippen LogP contribution in [0.15, 0.2) is 18.6 Å². The van der Waals surface area contributed by atoms with Gasteiger partial charge in [0.25, 0.3) is 0 Å². The average Bonchev–Trinajstić information content (AvgIpc) is 2.55. The maximum atomic E-state index is 12.7. The van der Waals surface area contributed by atoms with E-state index in [-0.39, 0.29) is 30.8 Å². The van der Waals surface area contributed by atoms with E-state index in [1.807, 2.05) is 13.8 Å². The van der Waals surface area contributed by atoms with Crippen molar-refractivity contribution in [2.75, 3.05) is 24.5 Å². The molecule has 0 spiro atoms. The van der Waals surface area contributed by atoms with E-state index < -0.39 is 5.97 Å². The van der Waals surface area contributed by atoms with Crippen LogP contribution in [-0.4, -0.2) is 57.5 Å². The summed E-state index contributed by atoms with van der Waals surface area (Å²) in [5.41, 5.74) is 0. The Morgan fingerprint density at radius 3 is 2.57 bits per heavy atom. The van der Waals surface area contributed by atoms with Crippen LogP contribution >= 0.6 is 0 Å². The Bertz CT molecular complexity index is 527. The van der Waals surface area contributed by atoms with E-state index >= 15 is 0 Å². The molecule has 1 saturated heterocycles. The highest BCUT2D eigenvalue weighted by molar-refractivity contribution is 5.80. The van der Waals surface area contributed by atoms with E-state index in [0.29, 0.717) is 0 Å². The summed E-state index contributed by atoms with van der Waals surface area (Å²) in [5, 5.41) is 8.84. The molecule has 1 aromatic heterocycles. The first-order chi connectivity index (χ1) is 11.0. The van der Waals surface area contributed by atoms with Crippen molar-refractivity contribution in [3.05, 3.63) is 18.6 Å². The van der Waals surface area contributed by atoms with Gasteiger partial charge in [0.15, 0.2) is 0 Å². The second-order valence-electron chi connectivity index (χ2n) is 6.09. The Morgan fingerprint density at radius 2 is 2.04 bits per heavy atom. The number of nitrogens with zero attached hydrogens (tertiary/aromatic N) is 4. The molecule has 1 aromatic rings. The zero-order valence-corrected chi connectivity index (χ0v) is 13.7. The highest BCUT2D eigenvalue weighted by Gasteiger charge is 2.30. The van der Waals surface area contributed by atoms with Crippen molar-refractivity contribution >= 4 is 17.7 Å². The Kier molecular flexibility index (Phi) is 5.90. The molecule has 0 bridgehead atoms. The topological polar surface area (TPSA) is 86.6 Å². The fourth-order valence-corrected chi connectivity index (χ4v) is 2.88. The Hall–Kier alpha value is -2.18. The molecule has 0 saturated carbocycles. The number of piperidine rings is 1. The van der Waals surface area contributed by atoms with E-state index in [1.54, 1.807) is 23.5 Å². The summed E-state index contributed by atoms with van der Waals surface area (Å²) >= 11 is 0. The first-order valence-electron chi connectivity index (χ1n) is 8.02. The molecule has 1 fully saturated rings. The lowest BCUT2D eigenvalue weighted by molar-refractivity contribution is -0.141. The zero-order chi connectivity index (χ0) is 16.8. The van der Waals surface area contributed by atoms with Crippen LogP contribution in [0.4, 0.5) is 5.82 Å². The molecule has 23 heavy (non-hydrogen) atoms. The van der Waals surface area contributed by atoms with E-state index in [2.05, 4.69) is 14.9 Å². The monoisotopic (exact) mass is 320 g/mol. The van der Waals surface area contributed by atoms with E-state index in [0.717, 1.165) is 31.7 Å². The van der Waals surface area contributed by atoms with Crippen molar-refractivity contribution < 1.29 is 14.7 Å². The number of hydrogen-bond acceptors (Lipinski definition) is 5. The molecule has 2 heterocycles. The summed E-state index contributed by atoms with van der Waals surface area (Å²) in [6, 6.07) is 0.0138. The molecule has 0 aromatic carbocycles. The van der Waals surface area contributed by atoms with Crippen LogP contribution in [0.1, 0.15) is 33.1 Å². The van der Waals surface area contributed by atoms with Crippen LogP contribution in [-0.2, 0) is 9.59 Å². The number of aliphatic carboxylic acids is 1. The van der Waals surface area contributed by atoms with Crippen LogP contribution in [0.5, 0.6) is 0 Å². The van der Waals surface area contributed by atoms with Crippen molar-refractivity contribution in [3.63, 3.8) is 0 Å². The molecule has 1 N–H and O–H groups in total. The molecular formula is C16H24N4O3. The van der Waals surface area contributed by atoms with E-state index in [4.69, 9.17) is 5.11 Å². The number of hydrogen-bond donors (Lipinski definition) is 1. The van der Waals surface area contributed by atoms with Crippen LogP contribution in [0.2, 0.25) is 0 Å². The number of amides is 1. The molecule has 0 unspecified atom stereocenters. The van der Waals surface area contributed by atoms with Gasteiger partial charge in [-0.25, -0.2) is 4.98 Å². The molecule has 126 valence electrons. The highest BCUT2D eigenvalue weighted by Crippen LogP contribution is 2.23. The van der Waals surface area contributed by atoms with Gasteiger partial charge < -0.3 is 14.9 Å². The van der Waals surface area contributed by atoms with Crippen LogP contribution < -0.4 is 4.90 Å². The zero-order valence-electron chi connectivity index (χ0n) is 13.7. The smallest absolute Gasteiger partial charge is 0.305 e. The SMILES string of the molecule is CC(C)N(CCC(=O)O)C(=O)C1CCN(c2cnccn2)CC1. The third-order valence-electron chi connectivity index (χ3n) is 4.19. The van der Waals surface area contributed by atoms with Crippen molar-refractivity contribution in [1.29, 1.82) is 0 Å². The second kappa shape index (κ2) is 7.89. The molecule has 1 aliphatic heterocycles. The number of carbonyl (C=O) groups excluding carboxylic acids is 1. The first kappa shape index (κ1) is 17.2. The summed E-state index contributed by atoms with van der Waals surface area (Å²) in [5.74, 6) is -0.00919. The summed E-state index contributed by atoms with van der Waals surface area (Å²) in [4.78, 5) is 35.6. The van der Waals surface area contributed by atoms with Gasteiger partial charge in [-0.05, 0) is 26.7 Å². The second-order valence-corrected chi connectivity index (χ2v) is 6.09. The largest absolute Gasteiger partial charge is 0.481 e. The molecule has 1 amide bonds. The van der Waals surface area contributed by atoms with Gasteiger partial charge in [0.1, 0.15) is 5.82 Å². The Morgan fingerprint density at radius 1 is 1.35 bits per heavy atom. The normalized spacial score (nSPS) is 15.7. The van der Waals surface area contributed by atoms with Gasteiger partial charge in [-0.2, -0.15) is 0 Å². The molecule has 1 aliphatic rings. The van der Waals surface area contributed by atoms with Crippen molar-refractivity contribution in [1.82, 2.24) is 14.9 Å². The summed E-state index contributed by atoms with van der Waals surface area (Å²) in [6.07, 6.45) is 6.54. The Labute approximate surface area is 136 Å². The van der Waals surface area contributed by atoms with Gasteiger partial charge in [0, 0.05) is 44.0 Å². The maximum absolute atomic E-state index is 12.7. The minimum absolute atomic E-state index is 0.0115.